The summed E-state index contributed by atoms with van der Waals surface area (Å²) >= 11 is 0. The number of hydrogen-bond acceptors (Lipinski definition) is 4. The van der Waals surface area contributed by atoms with Crippen LogP contribution in [-0.2, 0) is 11.3 Å². The van der Waals surface area contributed by atoms with E-state index in [2.05, 4.69) is 21.6 Å². The van der Waals surface area contributed by atoms with Crippen molar-refractivity contribution < 1.29 is 9.53 Å². The maximum absolute atomic E-state index is 12.6. The number of carbonyl (C=O) groups excluding carboxylic acids is 1. The van der Waals surface area contributed by atoms with Gasteiger partial charge >= 0.3 is 0 Å². The molecular weight excluding hydrogens is 328 g/mol. The van der Waals surface area contributed by atoms with E-state index < -0.39 is 0 Å². The van der Waals surface area contributed by atoms with E-state index in [-0.39, 0.29) is 5.91 Å². The lowest BCUT2D eigenvalue weighted by molar-refractivity contribution is 0.102. The highest BCUT2D eigenvalue weighted by atomic mass is 16.5. The number of rotatable bonds is 5. The molecule has 1 amide bonds. The molecule has 0 saturated heterocycles. The van der Waals surface area contributed by atoms with Crippen LogP contribution in [0.3, 0.4) is 0 Å². The maximum atomic E-state index is 12.6. The third kappa shape index (κ3) is 3.81. The fourth-order valence-corrected chi connectivity index (χ4v) is 2.82. The molecule has 3 aromatic rings. The molecule has 1 N–H and O–H groups in total. The molecule has 0 saturated carbocycles. The number of aromatic nitrogens is 3. The number of benzene rings is 2. The van der Waals surface area contributed by atoms with Gasteiger partial charge in [-0.3, -0.25) is 4.79 Å². The molecule has 6 heteroatoms. The van der Waals surface area contributed by atoms with Crippen molar-refractivity contribution in [1.29, 1.82) is 0 Å². The maximum Gasteiger partial charge on any atom is 0.278 e. The number of nitrogens with one attached hydrogen (secondary N) is 1. The van der Waals surface area contributed by atoms with Gasteiger partial charge in [-0.15, -0.1) is 5.10 Å². The fraction of sp³-hybridized carbons (Fsp3) is 0.250. The number of methoxy groups -OCH3 is 1. The molecular formula is C20H22N4O2. The van der Waals surface area contributed by atoms with E-state index in [1.165, 1.54) is 10.4 Å². The van der Waals surface area contributed by atoms with Crippen LogP contribution >= 0.6 is 0 Å². The van der Waals surface area contributed by atoms with Crippen LogP contribution in [0.15, 0.2) is 42.5 Å². The van der Waals surface area contributed by atoms with Gasteiger partial charge in [0, 0.05) is 12.8 Å². The van der Waals surface area contributed by atoms with Crippen LogP contribution in [0.1, 0.15) is 32.9 Å². The lowest BCUT2D eigenvalue weighted by atomic mass is 10.1. The Bertz CT molecular complexity index is 947. The first-order chi connectivity index (χ1) is 12.5. The average molecular weight is 350 g/mol. The Morgan fingerprint density at radius 2 is 1.92 bits per heavy atom. The van der Waals surface area contributed by atoms with Crippen molar-refractivity contribution in [3.8, 4) is 5.69 Å². The van der Waals surface area contributed by atoms with Crippen LogP contribution in [0, 0.1) is 20.8 Å². The number of carbonyl (C=O) groups is 1. The van der Waals surface area contributed by atoms with Gasteiger partial charge < -0.3 is 10.1 Å². The molecule has 0 fully saturated rings. The summed E-state index contributed by atoms with van der Waals surface area (Å²) in [6.07, 6.45) is 0. The molecule has 3 rings (SSSR count). The van der Waals surface area contributed by atoms with Gasteiger partial charge in [-0.05, 0) is 50.1 Å². The Balaban J connectivity index is 1.84. The Hall–Kier alpha value is -2.99. The minimum absolute atomic E-state index is 0.284. The topological polar surface area (TPSA) is 69.0 Å². The standard InChI is InChI=1S/C20H22N4O2/c1-13-8-9-18(14(2)10-13)24-22-15(3)19(23-24)20(25)21-17-7-5-6-16(11-17)12-26-4/h5-11H,12H2,1-4H3,(H,21,25). The average Bonchev–Trinajstić information content (AvgIpc) is 2.97. The van der Waals surface area contributed by atoms with E-state index in [9.17, 15) is 4.79 Å². The lowest BCUT2D eigenvalue weighted by Gasteiger charge is -2.06. The molecule has 1 heterocycles. The summed E-state index contributed by atoms with van der Waals surface area (Å²) < 4.78 is 5.13. The molecule has 6 nitrogen and oxygen atoms in total. The van der Waals surface area contributed by atoms with Gasteiger partial charge in [0.15, 0.2) is 5.69 Å². The third-order valence-corrected chi connectivity index (χ3v) is 4.06. The Labute approximate surface area is 152 Å². The van der Waals surface area contributed by atoms with Crippen molar-refractivity contribution in [1.82, 2.24) is 15.0 Å². The summed E-state index contributed by atoms with van der Waals surface area (Å²) in [4.78, 5) is 14.1. The Kier molecular flexibility index (Phi) is 5.14. The van der Waals surface area contributed by atoms with Crippen LogP contribution in [-0.4, -0.2) is 28.0 Å². The summed E-state index contributed by atoms with van der Waals surface area (Å²) in [5.41, 5.74) is 5.66. The molecule has 0 unspecified atom stereocenters. The second-order valence-electron chi connectivity index (χ2n) is 6.30. The van der Waals surface area contributed by atoms with Crippen LogP contribution in [0.2, 0.25) is 0 Å². The van der Waals surface area contributed by atoms with Crippen LogP contribution in [0.4, 0.5) is 5.69 Å². The number of amides is 1. The van der Waals surface area contributed by atoms with Gasteiger partial charge in [0.05, 0.1) is 18.0 Å². The van der Waals surface area contributed by atoms with E-state index in [0.717, 1.165) is 16.8 Å². The lowest BCUT2D eigenvalue weighted by Crippen LogP contribution is -2.14. The highest BCUT2D eigenvalue weighted by Crippen LogP contribution is 2.17. The largest absolute Gasteiger partial charge is 0.380 e. The SMILES string of the molecule is COCc1cccc(NC(=O)c2nn(-c3ccc(C)cc3C)nc2C)c1. The molecule has 1 aromatic heterocycles. The van der Waals surface area contributed by atoms with Crippen LogP contribution in [0.25, 0.3) is 5.69 Å². The van der Waals surface area contributed by atoms with Crippen molar-refractivity contribution in [2.24, 2.45) is 0 Å². The summed E-state index contributed by atoms with van der Waals surface area (Å²) in [7, 11) is 1.64. The van der Waals surface area contributed by atoms with E-state index >= 15 is 0 Å². The Morgan fingerprint density at radius 3 is 2.65 bits per heavy atom. The van der Waals surface area contributed by atoms with Crippen LogP contribution in [0.5, 0.6) is 0 Å². The Morgan fingerprint density at radius 1 is 1.12 bits per heavy atom. The van der Waals surface area contributed by atoms with E-state index in [1.807, 2.05) is 50.2 Å². The zero-order valence-corrected chi connectivity index (χ0v) is 15.4. The number of anilines is 1. The first-order valence-electron chi connectivity index (χ1n) is 8.38. The normalized spacial score (nSPS) is 10.8. The molecule has 0 aliphatic carbocycles. The minimum Gasteiger partial charge on any atom is -0.380 e. The predicted octanol–water partition coefficient (Wildman–Crippen LogP) is 3.59. The second-order valence-corrected chi connectivity index (χ2v) is 6.30. The smallest absolute Gasteiger partial charge is 0.278 e. The third-order valence-electron chi connectivity index (χ3n) is 4.06. The zero-order chi connectivity index (χ0) is 18.7. The molecule has 0 atom stereocenters. The van der Waals surface area contributed by atoms with Gasteiger partial charge in [0.1, 0.15) is 0 Å². The molecule has 0 bridgehead atoms. The number of aryl methyl sites for hydroxylation is 3. The molecule has 0 aliphatic rings. The van der Waals surface area contributed by atoms with E-state index in [0.29, 0.717) is 23.7 Å². The number of nitrogens with zero attached hydrogens (tertiary/aromatic N) is 3. The molecule has 2 aromatic carbocycles. The van der Waals surface area contributed by atoms with Crippen LogP contribution < -0.4 is 5.32 Å². The fourth-order valence-electron chi connectivity index (χ4n) is 2.82. The molecule has 0 spiro atoms. The highest BCUT2D eigenvalue weighted by molar-refractivity contribution is 6.03. The quantitative estimate of drug-likeness (QED) is 0.763. The predicted molar refractivity (Wildman–Crippen MR) is 101 cm³/mol. The van der Waals surface area contributed by atoms with Gasteiger partial charge in [0.2, 0.25) is 0 Å². The van der Waals surface area contributed by atoms with Gasteiger partial charge in [-0.2, -0.15) is 9.90 Å². The van der Waals surface area contributed by atoms with Gasteiger partial charge in [-0.25, -0.2) is 0 Å². The van der Waals surface area contributed by atoms with Crippen molar-refractivity contribution in [2.45, 2.75) is 27.4 Å². The zero-order valence-electron chi connectivity index (χ0n) is 15.4. The summed E-state index contributed by atoms with van der Waals surface area (Å²) in [5.74, 6) is -0.284. The number of hydrogen-bond donors (Lipinski definition) is 1. The van der Waals surface area contributed by atoms with Crippen molar-refractivity contribution >= 4 is 11.6 Å². The van der Waals surface area contributed by atoms with Crippen molar-refractivity contribution in [3.63, 3.8) is 0 Å². The second kappa shape index (κ2) is 7.49. The van der Waals surface area contributed by atoms with Gasteiger partial charge in [0.25, 0.3) is 5.91 Å². The minimum atomic E-state index is -0.284. The molecule has 0 radical (unpaired) electrons. The number of ether oxygens (including phenoxy) is 1. The first-order valence-corrected chi connectivity index (χ1v) is 8.38. The first kappa shape index (κ1) is 17.8. The molecule has 134 valence electrons. The summed E-state index contributed by atoms with van der Waals surface area (Å²) in [5, 5.41) is 11.7. The van der Waals surface area contributed by atoms with Gasteiger partial charge in [-0.1, -0.05) is 29.8 Å². The van der Waals surface area contributed by atoms with Crippen molar-refractivity contribution in [3.05, 3.63) is 70.5 Å². The highest BCUT2D eigenvalue weighted by Gasteiger charge is 2.17. The molecule has 26 heavy (non-hydrogen) atoms. The molecule has 0 aliphatic heterocycles. The summed E-state index contributed by atoms with van der Waals surface area (Å²) in [6.45, 7) is 6.31. The van der Waals surface area contributed by atoms with E-state index in [1.54, 1.807) is 14.0 Å². The van der Waals surface area contributed by atoms with E-state index in [4.69, 9.17) is 4.74 Å². The van der Waals surface area contributed by atoms with Crippen molar-refractivity contribution in [2.75, 3.05) is 12.4 Å². The summed E-state index contributed by atoms with van der Waals surface area (Å²) in [6, 6.07) is 13.6. The monoisotopic (exact) mass is 350 g/mol.